The molecule has 0 unspecified atom stereocenters. The minimum absolute atomic E-state index is 0.212. The van der Waals surface area contributed by atoms with Crippen molar-refractivity contribution in [2.45, 2.75) is 33.6 Å². The Kier molecular flexibility index (Phi) is 3.92. The Morgan fingerprint density at radius 1 is 1.28 bits per heavy atom. The lowest BCUT2D eigenvalue weighted by atomic mass is 9.99. The molecule has 0 bridgehead atoms. The number of carbonyl (C=O) groups is 1. The molecule has 0 radical (unpaired) electrons. The Balaban J connectivity index is 2.05. The van der Waals surface area contributed by atoms with Gasteiger partial charge in [-0.25, -0.2) is 4.98 Å². The van der Waals surface area contributed by atoms with Crippen LogP contribution >= 0.6 is 11.3 Å². The van der Waals surface area contributed by atoms with Crippen molar-refractivity contribution >= 4 is 17.1 Å². The van der Waals surface area contributed by atoms with Crippen LogP contribution in [0, 0.1) is 20.8 Å². The predicted octanol–water partition coefficient (Wildman–Crippen LogP) is 3.88. The van der Waals surface area contributed by atoms with E-state index >= 15 is 0 Å². The Bertz CT molecular complexity index is 572. The molecule has 0 aliphatic rings. The van der Waals surface area contributed by atoms with E-state index in [1.54, 1.807) is 11.3 Å². The van der Waals surface area contributed by atoms with Crippen molar-refractivity contribution < 1.29 is 4.79 Å². The first-order valence-corrected chi connectivity index (χ1v) is 6.95. The third-order valence-electron chi connectivity index (χ3n) is 2.93. The fraction of sp³-hybridized carbons (Fsp3) is 0.333. The molecule has 1 aromatic carbocycles. The van der Waals surface area contributed by atoms with Crippen LogP contribution < -0.4 is 0 Å². The highest BCUT2D eigenvalue weighted by molar-refractivity contribution is 7.09. The zero-order chi connectivity index (χ0) is 13.1. The van der Waals surface area contributed by atoms with E-state index in [-0.39, 0.29) is 5.78 Å². The van der Waals surface area contributed by atoms with Crippen molar-refractivity contribution in [3.8, 4) is 0 Å². The second-order valence-electron chi connectivity index (χ2n) is 4.62. The van der Waals surface area contributed by atoms with Gasteiger partial charge in [-0.15, -0.1) is 11.3 Å². The smallest absolute Gasteiger partial charge is 0.163 e. The molecule has 2 aromatic rings. The molecule has 2 rings (SSSR count). The van der Waals surface area contributed by atoms with Crippen LogP contribution in [0.3, 0.4) is 0 Å². The molecule has 0 fully saturated rings. The molecule has 18 heavy (non-hydrogen) atoms. The molecule has 2 nitrogen and oxygen atoms in total. The first kappa shape index (κ1) is 13.0. The SMILES string of the molecule is Cc1ccc(C)c(C(=O)CCc2nc(C)cs2)c1. The zero-order valence-corrected chi connectivity index (χ0v) is 11.8. The molecule has 94 valence electrons. The molecule has 0 aliphatic carbocycles. The van der Waals surface area contributed by atoms with Crippen molar-refractivity contribution in [2.24, 2.45) is 0 Å². The van der Waals surface area contributed by atoms with Crippen molar-refractivity contribution in [3.63, 3.8) is 0 Å². The van der Waals surface area contributed by atoms with Gasteiger partial charge in [0.25, 0.3) is 0 Å². The van der Waals surface area contributed by atoms with Gasteiger partial charge in [0.05, 0.1) is 5.01 Å². The number of ketones is 1. The molecular formula is C15H17NOS. The normalized spacial score (nSPS) is 10.6. The van der Waals surface area contributed by atoms with Crippen LogP contribution in [0.5, 0.6) is 0 Å². The highest BCUT2D eigenvalue weighted by Gasteiger charge is 2.10. The molecule has 1 aromatic heterocycles. The average molecular weight is 259 g/mol. The maximum atomic E-state index is 12.2. The molecule has 0 spiro atoms. The predicted molar refractivity (Wildman–Crippen MR) is 75.4 cm³/mol. The van der Waals surface area contributed by atoms with Crippen LogP contribution in [-0.4, -0.2) is 10.8 Å². The quantitative estimate of drug-likeness (QED) is 0.780. The van der Waals surface area contributed by atoms with Gasteiger partial charge in [0.15, 0.2) is 5.78 Å². The van der Waals surface area contributed by atoms with Crippen LogP contribution in [-0.2, 0) is 6.42 Å². The van der Waals surface area contributed by atoms with E-state index in [1.165, 1.54) is 0 Å². The van der Waals surface area contributed by atoms with Crippen LogP contribution in [0.1, 0.15) is 38.6 Å². The summed E-state index contributed by atoms with van der Waals surface area (Å²) in [6.45, 7) is 5.98. The zero-order valence-electron chi connectivity index (χ0n) is 11.0. The molecular weight excluding hydrogens is 242 g/mol. The standard InChI is InChI=1S/C15H17NOS/c1-10-4-5-11(2)13(8-10)14(17)6-7-15-16-12(3)9-18-15/h4-5,8-9H,6-7H2,1-3H3. The summed E-state index contributed by atoms with van der Waals surface area (Å²) < 4.78 is 0. The van der Waals surface area contributed by atoms with Gasteiger partial charge in [-0.05, 0) is 32.4 Å². The van der Waals surface area contributed by atoms with Crippen molar-refractivity contribution in [1.29, 1.82) is 0 Å². The van der Waals surface area contributed by atoms with Crippen molar-refractivity contribution in [3.05, 3.63) is 51.0 Å². The number of nitrogens with zero attached hydrogens (tertiary/aromatic N) is 1. The van der Waals surface area contributed by atoms with E-state index in [4.69, 9.17) is 0 Å². The van der Waals surface area contributed by atoms with Gasteiger partial charge in [0.1, 0.15) is 0 Å². The summed E-state index contributed by atoms with van der Waals surface area (Å²) in [4.78, 5) is 16.6. The number of aromatic nitrogens is 1. The first-order chi connectivity index (χ1) is 8.56. The molecule has 0 saturated carbocycles. The fourth-order valence-electron chi connectivity index (χ4n) is 1.91. The molecule has 0 saturated heterocycles. The number of aryl methyl sites for hydroxylation is 4. The second-order valence-corrected chi connectivity index (χ2v) is 5.57. The largest absolute Gasteiger partial charge is 0.294 e. The van der Waals surface area contributed by atoms with Gasteiger partial charge in [0.2, 0.25) is 0 Å². The van der Waals surface area contributed by atoms with Gasteiger partial charge in [-0.1, -0.05) is 17.7 Å². The highest BCUT2D eigenvalue weighted by atomic mass is 32.1. The number of Topliss-reactive ketones (excluding diaryl/α,β-unsaturated/α-hetero) is 1. The van der Waals surface area contributed by atoms with Gasteiger partial charge in [0, 0.05) is 29.5 Å². The third-order valence-corrected chi connectivity index (χ3v) is 3.95. The average Bonchev–Trinajstić information content (AvgIpc) is 2.75. The third kappa shape index (κ3) is 3.05. The van der Waals surface area contributed by atoms with Gasteiger partial charge in [-0.2, -0.15) is 0 Å². The molecule has 0 amide bonds. The van der Waals surface area contributed by atoms with Gasteiger partial charge < -0.3 is 0 Å². The lowest BCUT2D eigenvalue weighted by molar-refractivity contribution is 0.0982. The molecule has 3 heteroatoms. The summed E-state index contributed by atoms with van der Waals surface area (Å²) >= 11 is 1.63. The minimum Gasteiger partial charge on any atom is -0.294 e. The van der Waals surface area contributed by atoms with Crippen LogP contribution in [0.15, 0.2) is 23.6 Å². The lowest BCUT2D eigenvalue weighted by Crippen LogP contribution is -2.04. The number of hydrogen-bond donors (Lipinski definition) is 0. The topological polar surface area (TPSA) is 30.0 Å². The number of carbonyl (C=O) groups excluding carboxylic acids is 1. The van der Waals surface area contributed by atoms with E-state index in [0.29, 0.717) is 6.42 Å². The van der Waals surface area contributed by atoms with Crippen LogP contribution in [0.2, 0.25) is 0 Å². The highest BCUT2D eigenvalue weighted by Crippen LogP contribution is 2.16. The van der Waals surface area contributed by atoms with Crippen LogP contribution in [0.25, 0.3) is 0 Å². The van der Waals surface area contributed by atoms with Gasteiger partial charge in [-0.3, -0.25) is 4.79 Å². The second kappa shape index (κ2) is 5.44. The monoisotopic (exact) mass is 259 g/mol. The minimum atomic E-state index is 0.212. The van der Waals surface area contributed by atoms with Gasteiger partial charge >= 0.3 is 0 Å². The van der Waals surface area contributed by atoms with E-state index in [0.717, 1.165) is 33.8 Å². The first-order valence-electron chi connectivity index (χ1n) is 6.07. The Labute approximate surface area is 112 Å². The molecule has 1 heterocycles. The number of thiazole rings is 1. The summed E-state index contributed by atoms with van der Waals surface area (Å²) in [5.41, 5.74) is 4.08. The van der Waals surface area contributed by atoms with E-state index in [2.05, 4.69) is 4.98 Å². The summed E-state index contributed by atoms with van der Waals surface area (Å²) in [6.07, 6.45) is 1.28. The maximum absolute atomic E-state index is 12.2. The summed E-state index contributed by atoms with van der Waals surface area (Å²) in [5, 5.41) is 3.07. The fourth-order valence-corrected chi connectivity index (χ4v) is 2.68. The Hall–Kier alpha value is -1.48. The summed E-state index contributed by atoms with van der Waals surface area (Å²) in [5.74, 6) is 0.212. The van der Waals surface area contributed by atoms with E-state index in [9.17, 15) is 4.79 Å². The van der Waals surface area contributed by atoms with E-state index < -0.39 is 0 Å². The maximum Gasteiger partial charge on any atom is 0.163 e. The van der Waals surface area contributed by atoms with E-state index in [1.807, 2.05) is 44.4 Å². The number of benzene rings is 1. The molecule has 0 aliphatic heterocycles. The molecule has 0 N–H and O–H groups in total. The lowest BCUT2D eigenvalue weighted by Gasteiger charge is -2.05. The summed E-state index contributed by atoms with van der Waals surface area (Å²) in [6, 6.07) is 6.02. The number of hydrogen-bond acceptors (Lipinski definition) is 3. The van der Waals surface area contributed by atoms with Crippen molar-refractivity contribution in [1.82, 2.24) is 4.98 Å². The summed E-state index contributed by atoms with van der Waals surface area (Å²) in [7, 11) is 0. The number of rotatable bonds is 4. The Morgan fingerprint density at radius 2 is 2.06 bits per heavy atom. The van der Waals surface area contributed by atoms with Crippen LogP contribution in [0.4, 0.5) is 0 Å². The molecule has 0 atom stereocenters. The van der Waals surface area contributed by atoms with Crippen molar-refractivity contribution in [2.75, 3.05) is 0 Å². The Morgan fingerprint density at radius 3 is 2.72 bits per heavy atom.